The Hall–Kier alpha value is -3.74. The Morgan fingerprint density at radius 2 is 1.86 bits per heavy atom. The molecule has 142 valence electrons. The number of hydrogen-bond donors (Lipinski definition) is 2. The van der Waals surface area contributed by atoms with E-state index in [2.05, 4.69) is 15.0 Å². The van der Waals surface area contributed by atoms with Crippen molar-refractivity contribution < 1.29 is 34.1 Å². The minimum atomic E-state index is -3.18. The van der Waals surface area contributed by atoms with Crippen LogP contribution in [0.3, 0.4) is 0 Å². The summed E-state index contributed by atoms with van der Waals surface area (Å²) in [5.74, 6) is -3.45. The topological polar surface area (TPSA) is 89.2 Å². The first-order valence-electron chi connectivity index (χ1n) is 13.4. The molecular formula is C21H19N3O4. The van der Waals surface area contributed by atoms with Gasteiger partial charge >= 0.3 is 0 Å². The average Bonchev–Trinajstić information content (AvgIpc) is 3.30. The molecule has 2 N–H and O–H groups in total. The molecule has 0 radical (unpaired) electrons. The standard InChI is InChI=1S/C21H19N3O4/c1-26-17-8-12(9-18(27-2)20(17)28-3)19(25)16-11-23-21(24-16)14-10-22-15-7-5-4-6-13(14)15/h4-11,22H,1-3H3,(H,23,24)/i1D3,2D3,3D3,10D,11D. The van der Waals surface area contributed by atoms with Crippen molar-refractivity contribution in [2.24, 2.45) is 0 Å². The van der Waals surface area contributed by atoms with Gasteiger partial charge in [0, 0.05) is 28.2 Å². The van der Waals surface area contributed by atoms with E-state index in [1.807, 2.05) is 0 Å². The van der Waals surface area contributed by atoms with Gasteiger partial charge in [0.25, 0.3) is 0 Å². The van der Waals surface area contributed by atoms with E-state index < -0.39 is 55.9 Å². The van der Waals surface area contributed by atoms with Gasteiger partial charge in [-0.1, -0.05) is 18.2 Å². The summed E-state index contributed by atoms with van der Waals surface area (Å²) in [5, 5.41) is 0.600. The van der Waals surface area contributed by atoms with E-state index in [9.17, 15) is 4.79 Å². The number of methoxy groups -OCH3 is 3. The lowest BCUT2D eigenvalue weighted by atomic mass is 10.1. The molecule has 0 aliphatic carbocycles. The van der Waals surface area contributed by atoms with Gasteiger partial charge in [-0.25, -0.2) is 4.98 Å². The summed E-state index contributed by atoms with van der Waals surface area (Å²) in [4.78, 5) is 23.0. The minimum absolute atomic E-state index is 0.0195. The summed E-state index contributed by atoms with van der Waals surface area (Å²) in [5.41, 5.74) is 0.0902. The number of rotatable bonds is 6. The summed E-state index contributed by atoms with van der Waals surface area (Å²) in [6, 6.07) is 8.58. The van der Waals surface area contributed by atoms with E-state index in [4.69, 9.17) is 29.3 Å². The van der Waals surface area contributed by atoms with Gasteiger partial charge in [0.2, 0.25) is 11.5 Å². The van der Waals surface area contributed by atoms with Crippen LogP contribution in [-0.2, 0) is 0 Å². The summed E-state index contributed by atoms with van der Waals surface area (Å²) in [6.07, 6.45) is -0.559. The molecule has 0 bridgehead atoms. The molecule has 2 heterocycles. The van der Waals surface area contributed by atoms with Gasteiger partial charge in [-0.15, -0.1) is 0 Å². The number of aromatic amines is 2. The number of aromatic nitrogens is 3. The van der Waals surface area contributed by atoms with Gasteiger partial charge in [-0.3, -0.25) is 4.79 Å². The van der Waals surface area contributed by atoms with Crippen molar-refractivity contribution in [3.8, 4) is 28.6 Å². The van der Waals surface area contributed by atoms with Gasteiger partial charge in [-0.2, -0.15) is 0 Å². The van der Waals surface area contributed by atoms with Gasteiger partial charge < -0.3 is 24.2 Å². The number of H-pyrrole nitrogens is 2. The van der Waals surface area contributed by atoms with Crippen molar-refractivity contribution in [2.75, 3.05) is 21.1 Å². The quantitative estimate of drug-likeness (QED) is 0.490. The van der Waals surface area contributed by atoms with Crippen LogP contribution in [0.2, 0.25) is 0 Å². The molecule has 0 aliphatic rings. The number of nitrogens with zero attached hydrogens (tertiary/aromatic N) is 1. The first-order valence-corrected chi connectivity index (χ1v) is 7.86. The second-order valence-electron chi connectivity index (χ2n) is 5.68. The second kappa shape index (κ2) is 7.11. The minimum Gasteiger partial charge on any atom is -0.493 e. The van der Waals surface area contributed by atoms with E-state index in [0.29, 0.717) is 10.9 Å². The Kier molecular flexibility index (Phi) is 2.28. The van der Waals surface area contributed by atoms with Crippen molar-refractivity contribution in [3.05, 3.63) is 60.0 Å². The highest BCUT2D eigenvalue weighted by Gasteiger charge is 2.20. The Balaban J connectivity index is 1.85. The average molecular weight is 388 g/mol. The maximum absolute atomic E-state index is 13.4. The van der Waals surface area contributed by atoms with Crippen LogP contribution in [0.4, 0.5) is 0 Å². The number of para-hydroxylation sites is 1. The summed E-state index contributed by atoms with van der Waals surface area (Å²) in [7, 11) is -9.49. The molecule has 0 atom stereocenters. The van der Waals surface area contributed by atoms with E-state index >= 15 is 0 Å². The van der Waals surface area contributed by atoms with Crippen LogP contribution >= 0.6 is 0 Å². The molecule has 0 amide bonds. The van der Waals surface area contributed by atoms with Crippen LogP contribution in [0.1, 0.15) is 31.1 Å². The first-order chi connectivity index (χ1) is 17.9. The maximum Gasteiger partial charge on any atom is 0.211 e. The predicted molar refractivity (Wildman–Crippen MR) is 105 cm³/mol. The fraction of sp³-hybridized carbons (Fsp3) is 0.143. The fourth-order valence-corrected chi connectivity index (χ4v) is 2.81. The third kappa shape index (κ3) is 2.87. The Labute approximate surface area is 176 Å². The smallest absolute Gasteiger partial charge is 0.211 e. The van der Waals surface area contributed by atoms with Gasteiger partial charge in [0.15, 0.2) is 11.5 Å². The predicted octanol–water partition coefficient (Wildman–Crippen LogP) is 3.81. The summed E-state index contributed by atoms with van der Waals surface area (Å²) >= 11 is 0. The van der Waals surface area contributed by atoms with Crippen LogP contribution in [0.25, 0.3) is 22.3 Å². The molecule has 7 nitrogen and oxygen atoms in total. The molecule has 7 heteroatoms. The largest absolute Gasteiger partial charge is 0.493 e. The molecule has 0 saturated heterocycles. The number of carbonyl (C=O) groups excluding carboxylic acids is 1. The van der Waals surface area contributed by atoms with Crippen LogP contribution in [0, 0.1) is 0 Å². The van der Waals surface area contributed by atoms with Crippen molar-refractivity contribution in [3.63, 3.8) is 0 Å². The monoisotopic (exact) mass is 388 g/mol. The number of ketones is 1. The van der Waals surface area contributed by atoms with Crippen molar-refractivity contribution in [2.45, 2.75) is 0 Å². The number of benzene rings is 2. The highest BCUT2D eigenvalue weighted by molar-refractivity contribution is 6.09. The highest BCUT2D eigenvalue weighted by atomic mass is 16.5. The van der Waals surface area contributed by atoms with Gasteiger partial charge in [0.05, 0.1) is 42.4 Å². The van der Waals surface area contributed by atoms with Gasteiger partial charge in [0.1, 0.15) is 11.5 Å². The van der Waals surface area contributed by atoms with Crippen molar-refractivity contribution in [1.29, 1.82) is 0 Å². The molecule has 0 unspecified atom stereocenters. The molecule has 4 rings (SSSR count). The molecular weight excluding hydrogens is 358 g/mol. The summed E-state index contributed by atoms with van der Waals surface area (Å²) in [6.45, 7) is 0. The SMILES string of the molecule is [2H]c1nc(-c2c([2H])[nH]c3ccccc23)[nH]c1C(=O)c1cc(OC([2H])([2H])[2H])c(OC([2H])([2H])[2H])c(OC([2H])([2H])[2H])c1. The number of nitrogens with one attached hydrogen (secondary N) is 2. The molecule has 0 saturated carbocycles. The third-order valence-corrected chi connectivity index (χ3v) is 4.11. The first kappa shape index (κ1) is 8.97. The molecule has 4 aromatic rings. The number of hydrogen-bond acceptors (Lipinski definition) is 5. The maximum atomic E-state index is 13.4. The van der Waals surface area contributed by atoms with E-state index in [1.54, 1.807) is 24.3 Å². The lowest BCUT2D eigenvalue weighted by Crippen LogP contribution is -2.04. The zero-order valence-corrected chi connectivity index (χ0v) is 14.0. The normalized spacial score (nSPS) is 17.9. The molecule has 0 fully saturated rings. The highest BCUT2D eigenvalue weighted by Crippen LogP contribution is 2.38. The van der Waals surface area contributed by atoms with Crippen LogP contribution in [-0.4, -0.2) is 41.8 Å². The Morgan fingerprint density at radius 3 is 2.61 bits per heavy atom. The molecule has 2 aromatic heterocycles. The van der Waals surface area contributed by atoms with Crippen molar-refractivity contribution in [1.82, 2.24) is 15.0 Å². The molecule has 28 heavy (non-hydrogen) atoms. The summed E-state index contributed by atoms with van der Waals surface area (Å²) < 4.78 is 97.4. The Bertz CT molecular complexity index is 1510. The Morgan fingerprint density at radius 1 is 1.11 bits per heavy atom. The zero-order chi connectivity index (χ0) is 28.9. The van der Waals surface area contributed by atoms with E-state index in [0.717, 1.165) is 12.1 Å². The van der Waals surface area contributed by atoms with Crippen molar-refractivity contribution >= 4 is 16.7 Å². The van der Waals surface area contributed by atoms with Crippen LogP contribution in [0.15, 0.2) is 48.7 Å². The van der Waals surface area contributed by atoms with E-state index in [-0.39, 0.29) is 23.3 Å². The number of fused-ring (bicyclic) bond motifs is 1. The lowest BCUT2D eigenvalue weighted by Gasteiger charge is -2.13. The van der Waals surface area contributed by atoms with Gasteiger partial charge in [-0.05, 0) is 18.2 Å². The second-order valence-corrected chi connectivity index (χ2v) is 5.68. The number of ether oxygens (including phenoxy) is 3. The molecule has 0 spiro atoms. The number of carbonyl (C=O) groups is 1. The van der Waals surface area contributed by atoms with Crippen LogP contribution < -0.4 is 14.2 Å². The molecule has 0 aliphatic heterocycles. The number of imidazole rings is 1. The third-order valence-electron chi connectivity index (χ3n) is 4.11. The zero-order valence-electron chi connectivity index (χ0n) is 25.0. The van der Waals surface area contributed by atoms with E-state index in [1.165, 1.54) is 0 Å². The van der Waals surface area contributed by atoms with Crippen LogP contribution in [0.5, 0.6) is 17.2 Å². The fourth-order valence-electron chi connectivity index (χ4n) is 2.81. The molecule has 2 aromatic carbocycles. The lowest BCUT2D eigenvalue weighted by molar-refractivity contribution is 0.103.